The van der Waals surface area contributed by atoms with E-state index in [0.717, 1.165) is 5.39 Å². The van der Waals surface area contributed by atoms with Crippen LogP contribution in [0.2, 0.25) is 0 Å². The molecule has 3 heterocycles. The fraction of sp³-hybridized carbons (Fsp3) is 0.462. The molecule has 3 rings (SSSR count). The maximum atomic E-state index is 11.7. The van der Waals surface area contributed by atoms with E-state index in [-0.39, 0.29) is 31.2 Å². The Morgan fingerprint density at radius 1 is 1.24 bits per heavy atom. The maximum absolute atomic E-state index is 11.7. The highest BCUT2D eigenvalue weighted by Crippen LogP contribution is 2.21. The van der Waals surface area contributed by atoms with Crippen molar-refractivity contribution in [3.8, 4) is 0 Å². The highest BCUT2D eigenvalue weighted by molar-refractivity contribution is 6.01. The fourth-order valence-corrected chi connectivity index (χ4v) is 2.38. The molecule has 2 aromatic heterocycles. The first kappa shape index (κ1) is 13.5. The number of hydrogen-bond donors (Lipinski definition) is 1. The van der Waals surface area contributed by atoms with Crippen LogP contribution in [0.15, 0.2) is 6.20 Å². The molecule has 0 aromatic carbocycles. The van der Waals surface area contributed by atoms with Crippen LogP contribution in [0.1, 0.15) is 25.6 Å². The van der Waals surface area contributed by atoms with Crippen molar-refractivity contribution in [3.63, 3.8) is 0 Å². The minimum Gasteiger partial charge on any atom is -0.370 e. The second kappa shape index (κ2) is 5.12. The monoisotopic (exact) mass is 288 g/mol. The van der Waals surface area contributed by atoms with Crippen molar-refractivity contribution < 1.29 is 9.59 Å². The van der Waals surface area contributed by atoms with Gasteiger partial charge in [0.05, 0.1) is 18.1 Å². The van der Waals surface area contributed by atoms with Crippen LogP contribution in [0, 0.1) is 0 Å². The Balaban J connectivity index is 2.00. The standard InChI is InChI=1S/C13H16N6O2/c1-3-14-12-8-6-15-18(2)13(8)17-9(16-12)7-19-10(20)4-5-11(19)21/h6H,3-5,7H2,1-2H3,(H,14,16,17). The minimum atomic E-state index is -0.168. The number of carbonyl (C=O) groups is 2. The van der Waals surface area contributed by atoms with Gasteiger partial charge in [-0.2, -0.15) is 5.10 Å². The zero-order chi connectivity index (χ0) is 15.0. The van der Waals surface area contributed by atoms with Gasteiger partial charge in [-0.15, -0.1) is 0 Å². The number of fused-ring (bicyclic) bond motifs is 1. The van der Waals surface area contributed by atoms with Crippen LogP contribution >= 0.6 is 0 Å². The highest BCUT2D eigenvalue weighted by Gasteiger charge is 2.29. The van der Waals surface area contributed by atoms with Gasteiger partial charge in [0.15, 0.2) is 11.5 Å². The smallest absolute Gasteiger partial charge is 0.230 e. The summed E-state index contributed by atoms with van der Waals surface area (Å²) in [5, 5.41) is 8.15. The van der Waals surface area contributed by atoms with E-state index in [1.165, 1.54) is 4.90 Å². The predicted octanol–water partition coefficient (Wildman–Crippen LogP) is 0.444. The zero-order valence-electron chi connectivity index (χ0n) is 12.0. The number of amides is 2. The molecule has 0 radical (unpaired) electrons. The zero-order valence-corrected chi connectivity index (χ0v) is 12.0. The van der Waals surface area contributed by atoms with E-state index >= 15 is 0 Å². The Hall–Kier alpha value is -2.51. The lowest BCUT2D eigenvalue weighted by Crippen LogP contribution is -2.29. The van der Waals surface area contributed by atoms with Crippen LogP contribution in [0.4, 0.5) is 5.82 Å². The summed E-state index contributed by atoms with van der Waals surface area (Å²) in [6.45, 7) is 2.79. The Morgan fingerprint density at radius 2 is 1.95 bits per heavy atom. The number of nitrogens with zero attached hydrogens (tertiary/aromatic N) is 5. The number of likely N-dealkylation sites (tertiary alicyclic amines) is 1. The average Bonchev–Trinajstić information content (AvgIpc) is 2.98. The molecule has 0 spiro atoms. The minimum absolute atomic E-state index is 0.108. The Labute approximate surface area is 121 Å². The molecule has 8 heteroatoms. The molecule has 1 N–H and O–H groups in total. The van der Waals surface area contributed by atoms with E-state index in [0.29, 0.717) is 23.8 Å². The summed E-state index contributed by atoms with van der Waals surface area (Å²) < 4.78 is 1.65. The summed E-state index contributed by atoms with van der Waals surface area (Å²) in [5.74, 6) is 0.771. The molecular weight excluding hydrogens is 272 g/mol. The van der Waals surface area contributed by atoms with Crippen LogP contribution in [0.3, 0.4) is 0 Å². The molecule has 21 heavy (non-hydrogen) atoms. The molecule has 8 nitrogen and oxygen atoms in total. The van der Waals surface area contributed by atoms with Gasteiger partial charge in [-0.3, -0.25) is 19.2 Å². The van der Waals surface area contributed by atoms with Gasteiger partial charge < -0.3 is 5.32 Å². The van der Waals surface area contributed by atoms with Crippen molar-refractivity contribution in [1.29, 1.82) is 0 Å². The van der Waals surface area contributed by atoms with Crippen molar-refractivity contribution >= 4 is 28.7 Å². The van der Waals surface area contributed by atoms with Crippen LogP contribution in [-0.4, -0.2) is 43.0 Å². The van der Waals surface area contributed by atoms with Crippen molar-refractivity contribution in [2.75, 3.05) is 11.9 Å². The third-order valence-electron chi connectivity index (χ3n) is 3.44. The van der Waals surface area contributed by atoms with Gasteiger partial charge in [-0.25, -0.2) is 9.97 Å². The summed E-state index contributed by atoms with van der Waals surface area (Å²) in [5.41, 5.74) is 0.676. The number of carbonyl (C=O) groups excluding carboxylic acids is 2. The van der Waals surface area contributed by atoms with Gasteiger partial charge in [-0.1, -0.05) is 0 Å². The number of rotatable bonds is 4. The van der Waals surface area contributed by atoms with E-state index in [2.05, 4.69) is 20.4 Å². The van der Waals surface area contributed by atoms with Crippen LogP contribution in [0.5, 0.6) is 0 Å². The normalized spacial score (nSPS) is 15.2. The SMILES string of the molecule is CCNc1nc(CN2C(=O)CCC2=O)nc2c1cnn2C. The van der Waals surface area contributed by atoms with Crippen LogP contribution in [-0.2, 0) is 23.2 Å². The molecule has 0 bridgehead atoms. The number of aryl methyl sites for hydroxylation is 1. The number of anilines is 1. The molecule has 1 saturated heterocycles. The van der Waals surface area contributed by atoms with Crippen LogP contribution in [0.25, 0.3) is 11.0 Å². The van der Waals surface area contributed by atoms with E-state index in [1.807, 2.05) is 6.92 Å². The summed E-state index contributed by atoms with van der Waals surface area (Å²) in [6.07, 6.45) is 2.24. The largest absolute Gasteiger partial charge is 0.370 e. The van der Waals surface area contributed by atoms with Gasteiger partial charge in [0.2, 0.25) is 11.8 Å². The first-order chi connectivity index (χ1) is 10.1. The van der Waals surface area contributed by atoms with Crippen LogP contribution < -0.4 is 5.32 Å². The molecule has 0 unspecified atom stereocenters. The van der Waals surface area contributed by atoms with Gasteiger partial charge in [0.25, 0.3) is 0 Å². The third kappa shape index (κ3) is 2.32. The van der Waals surface area contributed by atoms with E-state index in [1.54, 1.807) is 17.9 Å². The van der Waals surface area contributed by atoms with Crippen molar-refractivity contribution in [2.45, 2.75) is 26.3 Å². The van der Waals surface area contributed by atoms with Crippen molar-refractivity contribution in [2.24, 2.45) is 7.05 Å². The lowest BCUT2D eigenvalue weighted by atomic mass is 10.3. The Bertz CT molecular complexity index is 707. The summed E-state index contributed by atoms with van der Waals surface area (Å²) >= 11 is 0. The highest BCUT2D eigenvalue weighted by atomic mass is 16.2. The maximum Gasteiger partial charge on any atom is 0.230 e. The second-order valence-electron chi connectivity index (χ2n) is 4.90. The summed E-state index contributed by atoms with van der Waals surface area (Å²) in [4.78, 5) is 33.4. The van der Waals surface area contributed by atoms with E-state index in [4.69, 9.17) is 0 Å². The molecular formula is C13H16N6O2. The molecule has 0 aliphatic carbocycles. The molecule has 2 amide bonds. The lowest BCUT2D eigenvalue weighted by molar-refractivity contribution is -0.139. The van der Waals surface area contributed by atoms with Gasteiger partial charge >= 0.3 is 0 Å². The fourth-order valence-electron chi connectivity index (χ4n) is 2.38. The molecule has 0 atom stereocenters. The van der Waals surface area contributed by atoms with Crippen molar-refractivity contribution in [1.82, 2.24) is 24.6 Å². The number of hydrogen-bond acceptors (Lipinski definition) is 6. The van der Waals surface area contributed by atoms with Gasteiger partial charge in [0, 0.05) is 26.4 Å². The number of aromatic nitrogens is 4. The van der Waals surface area contributed by atoms with Gasteiger partial charge in [-0.05, 0) is 6.92 Å². The number of imide groups is 1. The summed E-state index contributed by atoms with van der Waals surface area (Å²) in [6, 6.07) is 0. The Morgan fingerprint density at radius 3 is 2.62 bits per heavy atom. The first-order valence-electron chi connectivity index (χ1n) is 6.86. The molecule has 110 valence electrons. The summed E-state index contributed by atoms with van der Waals surface area (Å²) in [7, 11) is 1.79. The lowest BCUT2D eigenvalue weighted by Gasteiger charge is -2.13. The molecule has 1 fully saturated rings. The first-order valence-corrected chi connectivity index (χ1v) is 6.86. The quantitative estimate of drug-likeness (QED) is 0.821. The Kier molecular flexibility index (Phi) is 3.28. The second-order valence-corrected chi connectivity index (χ2v) is 4.90. The molecule has 1 aliphatic heterocycles. The number of nitrogens with one attached hydrogen (secondary N) is 1. The molecule has 2 aromatic rings. The van der Waals surface area contributed by atoms with Gasteiger partial charge in [0.1, 0.15) is 5.82 Å². The molecule has 1 aliphatic rings. The third-order valence-corrected chi connectivity index (χ3v) is 3.44. The topological polar surface area (TPSA) is 93.0 Å². The van der Waals surface area contributed by atoms with E-state index in [9.17, 15) is 9.59 Å². The van der Waals surface area contributed by atoms with Crippen molar-refractivity contribution in [3.05, 3.63) is 12.0 Å². The molecule has 0 saturated carbocycles. The average molecular weight is 288 g/mol. The predicted molar refractivity (Wildman–Crippen MR) is 75.3 cm³/mol. The van der Waals surface area contributed by atoms with E-state index < -0.39 is 0 Å².